The number of rotatable bonds is 1. The van der Waals surface area contributed by atoms with Gasteiger partial charge in [-0.15, -0.1) is 23.8 Å². The fraction of sp³-hybridized carbons (Fsp3) is 0.0714. The first-order chi connectivity index (χ1) is 5.47. The van der Waals surface area contributed by atoms with Crippen LogP contribution in [-0.2, 0) is 21.1 Å². The molecule has 0 nitrogen and oxygen atoms in total. The van der Waals surface area contributed by atoms with Crippen LogP contribution in [0.4, 0.5) is 0 Å². The van der Waals surface area contributed by atoms with Crippen molar-refractivity contribution in [3.63, 3.8) is 0 Å². The van der Waals surface area contributed by atoms with Gasteiger partial charge in [-0.1, -0.05) is 24.6 Å². The number of hydrogen-bond donors (Lipinski definition) is 0. The van der Waals surface area contributed by atoms with Crippen molar-refractivity contribution in [2.75, 3.05) is 0 Å². The zero-order valence-corrected chi connectivity index (χ0v) is 11.8. The first-order valence-electron chi connectivity index (χ1n) is 3.79. The van der Waals surface area contributed by atoms with Crippen molar-refractivity contribution in [3.05, 3.63) is 76.4 Å². The maximum absolute atomic E-state index is 3.28. The molecule has 2 rings (SSSR count). The Morgan fingerprint density at radius 3 is 2.00 bits per heavy atom. The molecule has 0 radical (unpaired) electrons. The van der Waals surface area contributed by atoms with E-state index in [0.717, 1.165) is 6.42 Å². The summed E-state index contributed by atoms with van der Waals surface area (Å²) in [5.74, 6) is 0. The molecule has 1 aliphatic carbocycles. The predicted molar refractivity (Wildman–Crippen MR) is 66.1 cm³/mol. The van der Waals surface area contributed by atoms with Crippen molar-refractivity contribution in [2.45, 2.75) is 6.42 Å². The Balaban J connectivity index is -0.000000360. The van der Waals surface area contributed by atoms with Crippen LogP contribution in [0.25, 0.3) is 5.57 Å². The fourth-order valence-electron chi connectivity index (χ4n) is 1.22. The van der Waals surface area contributed by atoms with E-state index in [4.69, 9.17) is 0 Å². The molecule has 0 saturated heterocycles. The zero-order chi connectivity index (χ0) is 7.52. The summed E-state index contributed by atoms with van der Waals surface area (Å²) in [6.45, 7) is 0. The smallest absolute Gasteiger partial charge is 0.358 e. The average Bonchev–Trinajstić information content (AvgIpc) is 2.58. The van der Waals surface area contributed by atoms with Crippen molar-refractivity contribution >= 4 is 5.57 Å². The van der Waals surface area contributed by atoms with Gasteiger partial charge in [-0.2, -0.15) is 17.7 Å². The molecule has 0 heterocycles. The molecule has 1 aromatic rings. The second-order valence-corrected chi connectivity index (χ2v) is 2.56. The number of allylic oxidation sites excluding steroid dienone is 4. The number of benzene rings is 1. The van der Waals surface area contributed by atoms with Crippen molar-refractivity contribution in [3.8, 4) is 0 Å². The van der Waals surface area contributed by atoms with Crippen LogP contribution in [0.2, 0.25) is 0 Å². The van der Waals surface area contributed by atoms with E-state index in [1.54, 1.807) is 0 Å². The van der Waals surface area contributed by atoms with Crippen molar-refractivity contribution in [1.82, 2.24) is 0 Å². The summed E-state index contributed by atoms with van der Waals surface area (Å²) in [5, 5.41) is 0. The van der Waals surface area contributed by atoms with E-state index in [2.05, 4.69) is 42.5 Å². The minimum absolute atomic E-state index is 0. The first kappa shape index (κ1) is 19.9. The maximum Gasteiger partial charge on any atom is 4.00 e. The van der Waals surface area contributed by atoms with Crippen LogP contribution in [0.3, 0.4) is 0 Å². The first-order valence-corrected chi connectivity index (χ1v) is 3.79. The SMILES string of the molecule is [C-]1=C(c2ccccc2)C=CC1.[CH3-].[CH3-].[CH3-].[Pt+4]. The van der Waals surface area contributed by atoms with Crippen LogP contribution in [-0.4, -0.2) is 0 Å². The Labute approximate surface area is 109 Å². The molecule has 0 aromatic heterocycles. The monoisotopic (exact) mass is 381 g/mol. The molecule has 0 atom stereocenters. The second kappa shape index (κ2) is 9.92. The Hall–Kier alpha value is -0.612. The topological polar surface area (TPSA) is 0 Å². The molecule has 1 aromatic carbocycles. The summed E-state index contributed by atoms with van der Waals surface area (Å²) < 4.78 is 0. The molecule has 1 aliphatic rings. The van der Waals surface area contributed by atoms with E-state index >= 15 is 0 Å². The normalized spacial score (nSPS) is 11.1. The number of hydrogen-bond acceptors (Lipinski definition) is 0. The van der Waals surface area contributed by atoms with E-state index in [1.165, 1.54) is 11.1 Å². The van der Waals surface area contributed by atoms with E-state index in [-0.39, 0.29) is 43.3 Å². The molecule has 0 fully saturated rings. The molecule has 0 unspecified atom stereocenters. The van der Waals surface area contributed by atoms with Gasteiger partial charge in [-0.05, 0) is 0 Å². The molecule has 0 bridgehead atoms. The van der Waals surface area contributed by atoms with Crippen LogP contribution in [0.1, 0.15) is 12.0 Å². The minimum atomic E-state index is 0. The largest absolute Gasteiger partial charge is 4.00 e. The van der Waals surface area contributed by atoms with Gasteiger partial charge in [0, 0.05) is 0 Å². The summed E-state index contributed by atoms with van der Waals surface area (Å²) in [5.41, 5.74) is 2.49. The van der Waals surface area contributed by atoms with E-state index < -0.39 is 0 Å². The van der Waals surface area contributed by atoms with Gasteiger partial charge < -0.3 is 22.3 Å². The van der Waals surface area contributed by atoms with Gasteiger partial charge in [0.1, 0.15) is 0 Å². The predicted octanol–water partition coefficient (Wildman–Crippen LogP) is 4.18. The van der Waals surface area contributed by atoms with E-state index in [0.29, 0.717) is 0 Å². The Bertz CT molecular complexity index is 296. The standard InChI is InChI=1S/C11H9.3CH3.Pt/c1-2-6-10(7-3-1)11-8-4-5-9-11;;;;/h1-4,6-8H,5H2;3*1H3;/q4*-1;+4. The third kappa shape index (κ3) is 5.14. The molecular formula is C14H18Pt. The molecule has 84 valence electrons. The van der Waals surface area contributed by atoms with E-state index in [1.807, 2.05) is 6.07 Å². The quantitative estimate of drug-likeness (QED) is 0.641. The Morgan fingerprint density at radius 1 is 0.933 bits per heavy atom. The van der Waals surface area contributed by atoms with Gasteiger partial charge >= 0.3 is 21.1 Å². The molecule has 0 saturated carbocycles. The second-order valence-electron chi connectivity index (χ2n) is 2.56. The van der Waals surface area contributed by atoms with Gasteiger partial charge in [0.05, 0.1) is 0 Å². The van der Waals surface area contributed by atoms with Crippen LogP contribution in [0.5, 0.6) is 0 Å². The summed E-state index contributed by atoms with van der Waals surface area (Å²) in [6, 6.07) is 10.4. The zero-order valence-electron chi connectivity index (χ0n) is 9.56. The molecular weight excluding hydrogens is 363 g/mol. The van der Waals surface area contributed by atoms with Gasteiger partial charge in [0.15, 0.2) is 0 Å². The minimum Gasteiger partial charge on any atom is -0.358 e. The van der Waals surface area contributed by atoms with Crippen molar-refractivity contribution in [2.24, 2.45) is 0 Å². The van der Waals surface area contributed by atoms with Gasteiger partial charge in [0.2, 0.25) is 0 Å². The summed E-state index contributed by atoms with van der Waals surface area (Å²) in [4.78, 5) is 0. The Kier molecular flexibility index (Phi) is 13.2. The molecule has 0 aliphatic heterocycles. The van der Waals surface area contributed by atoms with E-state index in [9.17, 15) is 0 Å². The summed E-state index contributed by atoms with van der Waals surface area (Å²) in [6.07, 6.45) is 8.49. The molecule has 0 amide bonds. The fourth-order valence-corrected chi connectivity index (χ4v) is 1.22. The van der Waals surface area contributed by atoms with Crippen molar-refractivity contribution in [1.29, 1.82) is 0 Å². The molecule has 1 heteroatoms. The average molecular weight is 381 g/mol. The molecule has 15 heavy (non-hydrogen) atoms. The molecule has 0 spiro atoms. The molecule has 0 N–H and O–H groups in total. The van der Waals surface area contributed by atoms with Crippen LogP contribution in [0.15, 0.2) is 42.5 Å². The van der Waals surface area contributed by atoms with Crippen LogP contribution >= 0.6 is 0 Å². The third-order valence-corrected chi connectivity index (χ3v) is 1.78. The van der Waals surface area contributed by atoms with Crippen LogP contribution in [0, 0.1) is 28.4 Å². The van der Waals surface area contributed by atoms with Gasteiger partial charge in [0.25, 0.3) is 0 Å². The summed E-state index contributed by atoms with van der Waals surface area (Å²) in [7, 11) is 0. The van der Waals surface area contributed by atoms with Gasteiger partial charge in [-0.3, -0.25) is 0 Å². The van der Waals surface area contributed by atoms with Crippen LogP contribution < -0.4 is 0 Å². The maximum atomic E-state index is 3.28. The van der Waals surface area contributed by atoms with Crippen molar-refractivity contribution < 1.29 is 21.1 Å². The summed E-state index contributed by atoms with van der Waals surface area (Å²) >= 11 is 0. The Morgan fingerprint density at radius 2 is 1.53 bits per heavy atom. The third-order valence-electron chi connectivity index (χ3n) is 1.78. The van der Waals surface area contributed by atoms with Gasteiger partial charge in [-0.25, -0.2) is 0 Å².